The molecule has 4 N–H and O–H groups in total. The Kier molecular flexibility index (Phi) is 10.7. The van der Waals surface area contributed by atoms with Gasteiger partial charge in [-0.2, -0.15) is 11.8 Å². The number of imide groups is 1. The fourth-order valence-electron chi connectivity index (χ4n) is 6.09. The molecule has 4 fully saturated rings. The molecule has 4 aliphatic rings. The maximum absolute atomic E-state index is 12.5. The van der Waals surface area contributed by atoms with Crippen molar-refractivity contribution in [2.24, 2.45) is 11.8 Å². The van der Waals surface area contributed by atoms with E-state index in [1.54, 1.807) is 0 Å². The summed E-state index contributed by atoms with van der Waals surface area (Å²) in [5, 5.41) is 12.4. The summed E-state index contributed by atoms with van der Waals surface area (Å²) in [6.45, 7) is 1.77. The second kappa shape index (κ2) is 14.2. The summed E-state index contributed by atoms with van der Waals surface area (Å²) in [5.74, 6) is 1.60. The molecule has 3 aliphatic heterocycles. The maximum atomic E-state index is 12.5. The highest BCUT2D eigenvalue weighted by molar-refractivity contribution is 8.00. The summed E-state index contributed by atoms with van der Waals surface area (Å²) < 4.78 is 0. The Morgan fingerprint density at radius 2 is 1.58 bits per heavy atom. The highest BCUT2D eigenvalue weighted by Gasteiger charge is 2.42. The number of hydrogen-bond acceptors (Lipinski definition) is 6. The molecule has 0 bridgehead atoms. The molecule has 0 aromatic carbocycles. The van der Waals surface area contributed by atoms with Crippen LogP contribution >= 0.6 is 11.8 Å². The van der Waals surface area contributed by atoms with Crippen LogP contribution in [0, 0.1) is 11.8 Å². The van der Waals surface area contributed by atoms with Crippen molar-refractivity contribution in [3.8, 4) is 0 Å². The number of thioether (sulfide) groups is 1. The smallest absolute Gasteiger partial charge is 0.315 e. The molecule has 3 unspecified atom stereocenters. The minimum Gasteiger partial charge on any atom is -0.356 e. The summed E-state index contributed by atoms with van der Waals surface area (Å²) in [7, 11) is 0. The number of carbonyl (C=O) groups excluding carboxylic acids is 5. The highest BCUT2D eigenvalue weighted by atomic mass is 32.2. The first-order chi connectivity index (χ1) is 18.4. The predicted octanol–water partition coefficient (Wildman–Crippen LogP) is 2.07. The predicted molar refractivity (Wildman–Crippen MR) is 145 cm³/mol. The van der Waals surface area contributed by atoms with E-state index in [1.807, 2.05) is 11.8 Å². The van der Waals surface area contributed by atoms with E-state index in [4.69, 9.17) is 0 Å². The van der Waals surface area contributed by atoms with Gasteiger partial charge in [-0.3, -0.25) is 24.1 Å². The van der Waals surface area contributed by atoms with Gasteiger partial charge in [0.25, 0.3) is 0 Å². The number of nitrogens with zero attached hydrogens (tertiary/aromatic N) is 1. The largest absolute Gasteiger partial charge is 0.356 e. The number of urea groups is 1. The summed E-state index contributed by atoms with van der Waals surface area (Å²) in [4.78, 5) is 61.0. The lowest BCUT2D eigenvalue weighted by atomic mass is 9.80. The summed E-state index contributed by atoms with van der Waals surface area (Å²) in [6.07, 6.45) is 10.2. The Balaban J connectivity index is 0.958. The molecule has 38 heavy (non-hydrogen) atoms. The monoisotopic (exact) mass is 549 g/mol. The van der Waals surface area contributed by atoms with E-state index >= 15 is 0 Å². The van der Waals surface area contributed by atoms with Crippen molar-refractivity contribution in [1.82, 2.24) is 26.2 Å². The number of nitrogens with one attached hydrogen (secondary N) is 4. The Labute approximate surface area is 229 Å². The number of fused-ring (bicyclic) bond motifs is 1. The van der Waals surface area contributed by atoms with E-state index in [0.29, 0.717) is 50.1 Å². The lowest BCUT2D eigenvalue weighted by Crippen LogP contribution is -2.36. The second-order valence-electron chi connectivity index (χ2n) is 11.2. The van der Waals surface area contributed by atoms with Crippen LogP contribution in [-0.2, 0) is 19.2 Å². The zero-order valence-electron chi connectivity index (χ0n) is 22.3. The average Bonchev–Trinajstić information content (AvgIpc) is 3.56. The van der Waals surface area contributed by atoms with Crippen LogP contribution < -0.4 is 21.3 Å². The van der Waals surface area contributed by atoms with Gasteiger partial charge in [0, 0.05) is 55.8 Å². The molecule has 0 aromatic heterocycles. The summed E-state index contributed by atoms with van der Waals surface area (Å²) in [5.41, 5.74) is 0. The molecule has 6 amide bonds. The van der Waals surface area contributed by atoms with Crippen LogP contribution in [0.15, 0.2) is 0 Å². The van der Waals surface area contributed by atoms with E-state index < -0.39 is 0 Å². The first-order valence-electron chi connectivity index (χ1n) is 14.5. The average molecular weight is 550 g/mol. The van der Waals surface area contributed by atoms with Gasteiger partial charge in [0.05, 0.1) is 12.1 Å². The molecule has 10 nitrogen and oxygen atoms in total. The van der Waals surface area contributed by atoms with E-state index in [9.17, 15) is 24.0 Å². The number of unbranched alkanes of at least 4 members (excludes halogenated alkanes) is 2. The molecule has 3 atom stereocenters. The van der Waals surface area contributed by atoms with Crippen molar-refractivity contribution < 1.29 is 24.0 Å². The normalized spacial score (nSPS) is 28.7. The fourth-order valence-corrected chi connectivity index (χ4v) is 7.64. The Hall–Kier alpha value is -2.30. The molecule has 3 heterocycles. The zero-order chi connectivity index (χ0) is 26.9. The lowest BCUT2D eigenvalue weighted by molar-refractivity contribution is -0.138. The van der Waals surface area contributed by atoms with Gasteiger partial charge < -0.3 is 21.3 Å². The number of likely N-dealkylation sites (tertiary alicyclic amines) is 1. The van der Waals surface area contributed by atoms with Gasteiger partial charge in [0.2, 0.25) is 23.6 Å². The lowest BCUT2D eigenvalue weighted by Gasteiger charge is -2.28. The standard InChI is InChI=1S/C27H43N5O5S/c33-22(6-2-1-5-21-25-20(17-38-21)30-27(37)31-25)28-14-3-4-15-29-26(36)19-9-7-18(8-10-19)13-16-32-23(34)11-12-24(32)35/h18-21,25H,1-17H2,(H,28,33)(H,29,36)(H2,30,31,37). The van der Waals surface area contributed by atoms with Gasteiger partial charge >= 0.3 is 6.03 Å². The Bertz CT molecular complexity index is 862. The molecule has 1 aliphatic carbocycles. The number of rotatable bonds is 14. The maximum Gasteiger partial charge on any atom is 0.315 e. The number of amides is 6. The van der Waals surface area contributed by atoms with E-state index in [1.165, 1.54) is 4.90 Å². The molecule has 0 aromatic rings. The van der Waals surface area contributed by atoms with Crippen LogP contribution in [0.5, 0.6) is 0 Å². The van der Waals surface area contributed by atoms with E-state index in [0.717, 1.165) is 70.0 Å². The van der Waals surface area contributed by atoms with Crippen LogP contribution in [0.25, 0.3) is 0 Å². The van der Waals surface area contributed by atoms with Crippen molar-refractivity contribution >= 4 is 41.4 Å². The molecule has 1 saturated carbocycles. The second-order valence-corrected chi connectivity index (χ2v) is 12.4. The molecule has 212 valence electrons. The first-order valence-corrected chi connectivity index (χ1v) is 15.5. The van der Waals surface area contributed by atoms with Gasteiger partial charge in [-0.1, -0.05) is 6.42 Å². The molecular formula is C27H43N5O5S. The quantitative estimate of drug-likeness (QED) is 0.149. The number of carbonyl (C=O) groups is 5. The van der Waals surface area contributed by atoms with Crippen molar-refractivity contribution in [3.05, 3.63) is 0 Å². The van der Waals surface area contributed by atoms with Gasteiger partial charge in [0.15, 0.2) is 0 Å². The van der Waals surface area contributed by atoms with Crippen molar-refractivity contribution in [2.75, 3.05) is 25.4 Å². The van der Waals surface area contributed by atoms with Crippen molar-refractivity contribution in [2.45, 2.75) is 101 Å². The minimum atomic E-state index is -0.0593. The van der Waals surface area contributed by atoms with Gasteiger partial charge in [0.1, 0.15) is 0 Å². The Morgan fingerprint density at radius 3 is 2.32 bits per heavy atom. The van der Waals surface area contributed by atoms with E-state index in [2.05, 4.69) is 21.3 Å². The summed E-state index contributed by atoms with van der Waals surface area (Å²) in [6, 6.07) is 0.414. The van der Waals surface area contributed by atoms with Crippen LogP contribution in [0.1, 0.15) is 83.5 Å². The van der Waals surface area contributed by atoms with Gasteiger partial charge in [-0.05, 0) is 63.7 Å². The topological polar surface area (TPSA) is 137 Å². The summed E-state index contributed by atoms with van der Waals surface area (Å²) >= 11 is 1.90. The SMILES string of the molecule is O=C(CCCCC1SCC2NC(=O)NC21)NCCCCNC(=O)C1CCC(CCN2C(=O)CCC2=O)CC1. The van der Waals surface area contributed by atoms with Crippen LogP contribution in [-0.4, -0.2) is 77.3 Å². The minimum absolute atomic E-state index is 0.0466. The van der Waals surface area contributed by atoms with E-state index in [-0.39, 0.29) is 47.7 Å². The van der Waals surface area contributed by atoms with Crippen molar-refractivity contribution in [3.63, 3.8) is 0 Å². The third-order valence-electron chi connectivity index (χ3n) is 8.44. The Morgan fingerprint density at radius 1 is 0.868 bits per heavy atom. The van der Waals surface area contributed by atoms with Crippen LogP contribution in [0.2, 0.25) is 0 Å². The number of hydrogen-bond donors (Lipinski definition) is 4. The molecule has 0 spiro atoms. The molecule has 11 heteroatoms. The fraction of sp³-hybridized carbons (Fsp3) is 0.815. The highest BCUT2D eigenvalue weighted by Crippen LogP contribution is 2.33. The van der Waals surface area contributed by atoms with Crippen LogP contribution in [0.4, 0.5) is 4.79 Å². The van der Waals surface area contributed by atoms with Crippen LogP contribution in [0.3, 0.4) is 0 Å². The zero-order valence-corrected chi connectivity index (χ0v) is 23.1. The third kappa shape index (κ3) is 8.10. The van der Waals surface area contributed by atoms with Gasteiger partial charge in [-0.25, -0.2) is 4.79 Å². The first kappa shape index (κ1) is 28.7. The molecule has 0 radical (unpaired) electrons. The van der Waals surface area contributed by atoms with Crippen molar-refractivity contribution in [1.29, 1.82) is 0 Å². The molecule has 4 rings (SSSR count). The van der Waals surface area contributed by atoms with Gasteiger partial charge in [-0.15, -0.1) is 0 Å². The molecule has 3 saturated heterocycles. The molecular weight excluding hydrogens is 506 g/mol. The third-order valence-corrected chi connectivity index (χ3v) is 9.95.